The first-order chi connectivity index (χ1) is 11.0. The lowest BCUT2D eigenvalue weighted by molar-refractivity contribution is -0.385. The summed E-state index contributed by atoms with van der Waals surface area (Å²) in [6, 6.07) is 4.40. The van der Waals surface area contributed by atoms with Crippen LogP contribution < -0.4 is 5.56 Å². The van der Waals surface area contributed by atoms with E-state index in [1.807, 2.05) is 0 Å². The van der Waals surface area contributed by atoms with Gasteiger partial charge in [-0.3, -0.25) is 14.9 Å². The second kappa shape index (κ2) is 5.73. The van der Waals surface area contributed by atoms with Crippen molar-refractivity contribution in [2.45, 2.75) is 13.5 Å². The molecule has 0 saturated heterocycles. The van der Waals surface area contributed by atoms with Crippen molar-refractivity contribution < 1.29 is 13.8 Å². The van der Waals surface area contributed by atoms with E-state index in [0.717, 1.165) is 16.8 Å². The zero-order valence-electron chi connectivity index (χ0n) is 11.9. The number of hydrogen-bond acceptors (Lipinski definition) is 6. The third-order valence-corrected chi connectivity index (χ3v) is 3.45. The number of oxazole rings is 1. The average molecular weight is 336 g/mol. The van der Waals surface area contributed by atoms with Crippen molar-refractivity contribution in [2.75, 3.05) is 0 Å². The van der Waals surface area contributed by atoms with Gasteiger partial charge in [0.15, 0.2) is 5.76 Å². The van der Waals surface area contributed by atoms with Crippen LogP contribution in [0.2, 0.25) is 5.02 Å². The summed E-state index contributed by atoms with van der Waals surface area (Å²) in [4.78, 5) is 26.5. The molecule has 23 heavy (non-hydrogen) atoms. The van der Waals surface area contributed by atoms with Crippen LogP contribution in [0.3, 0.4) is 0 Å². The fraction of sp³-hybridized carbons (Fsp3) is 0.143. The van der Waals surface area contributed by atoms with Gasteiger partial charge in [-0.25, -0.2) is 4.98 Å². The van der Waals surface area contributed by atoms with E-state index in [4.69, 9.17) is 20.4 Å². The maximum Gasteiger partial charge on any atom is 0.287 e. The van der Waals surface area contributed by atoms with E-state index in [1.165, 1.54) is 6.26 Å². The topological polar surface area (TPSA) is 104 Å². The second-order valence-electron chi connectivity index (χ2n) is 4.74. The highest BCUT2D eigenvalue weighted by Crippen LogP contribution is 2.23. The SMILES string of the molecule is Cc1oc(-c2ccco2)nc1Cn1cc([N+](=O)[O-])cc(Cl)c1=O. The lowest BCUT2D eigenvalue weighted by atomic mass is 10.3. The molecule has 0 saturated carbocycles. The molecule has 0 amide bonds. The molecule has 0 aliphatic carbocycles. The summed E-state index contributed by atoms with van der Waals surface area (Å²) >= 11 is 5.76. The molecule has 3 aromatic heterocycles. The number of aryl methyl sites for hydroxylation is 1. The van der Waals surface area contributed by atoms with Crippen molar-refractivity contribution in [1.82, 2.24) is 9.55 Å². The number of hydrogen-bond donors (Lipinski definition) is 0. The summed E-state index contributed by atoms with van der Waals surface area (Å²) in [6.45, 7) is 1.68. The number of aromatic nitrogens is 2. The fourth-order valence-corrected chi connectivity index (χ4v) is 2.26. The molecule has 0 radical (unpaired) electrons. The van der Waals surface area contributed by atoms with Crippen LogP contribution in [0, 0.1) is 17.0 Å². The number of rotatable bonds is 4. The predicted molar refractivity (Wildman–Crippen MR) is 80.4 cm³/mol. The quantitative estimate of drug-likeness (QED) is 0.536. The van der Waals surface area contributed by atoms with E-state index in [1.54, 1.807) is 19.1 Å². The molecule has 0 aliphatic rings. The van der Waals surface area contributed by atoms with E-state index in [-0.39, 0.29) is 23.1 Å². The molecular weight excluding hydrogens is 326 g/mol. The van der Waals surface area contributed by atoms with E-state index in [2.05, 4.69) is 4.98 Å². The molecule has 0 bridgehead atoms. The molecule has 0 aliphatic heterocycles. The number of pyridine rings is 1. The van der Waals surface area contributed by atoms with Crippen molar-refractivity contribution in [1.29, 1.82) is 0 Å². The third kappa shape index (κ3) is 2.88. The Labute approximate surface area is 134 Å². The Balaban J connectivity index is 2.00. The summed E-state index contributed by atoms with van der Waals surface area (Å²) in [5.74, 6) is 1.20. The van der Waals surface area contributed by atoms with Gasteiger partial charge in [0.1, 0.15) is 16.5 Å². The zero-order valence-corrected chi connectivity index (χ0v) is 12.6. The van der Waals surface area contributed by atoms with Crippen LogP contribution in [0.5, 0.6) is 0 Å². The van der Waals surface area contributed by atoms with Crippen molar-refractivity contribution in [3.05, 3.63) is 67.6 Å². The maximum atomic E-state index is 12.0. The molecule has 3 heterocycles. The van der Waals surface area contributed by atoms with Crippen LogP contribution in [0.25, 0.3) is 11.7 Å². The fourth-order valence-electron chi connectivity index (χ4n) is 2.04. The highest BCUT2D eigenvalue weighted by Gasteiger charge is 2.17. The standard InChI is InChI=1S/C14H10ClN3O5/c1-8-11(16-13(23-8)12-3-2-4-22-12)7-17-6-9(18(20)21)5-10(15)14(17)19/h2-6H,7H2,1H3. The summed E-state index contributed by atoms with van der Waals surface area (Å²) in [6.07, 6.45) is 2.61. The number of halogens is 1. The van der Waals surface area contributed by atoms with Crippen LogP contribution in [0.4, 0.5) is 5.69 Å². The van der Waals surface area contributed by atoms with Gasteiger partial charge in [0, 0.05) is 6.07 Å². The molecule has 0 N–H and O–H groups in total. The minimum absolute atomic E-state index is 0.00370. The molecule has 9 heteroatoms. The molecule has 3 rings (SSSR count). The van der Waals surface area contributed by atoms with Crippen LogP contribution in [-0.2, 0) is 6.54 Å². The molecule has 0 fully saturated rings. The minimum Gasteiger partial charge on any atom is -0.459 e. The predicted octanol–water partition coefficient (Wildman–Crippen LogP) is 3.01. The highest BCUT2D eigenvalue weighted by molar-refractivity contribution is 6.30. The van der Waals surface area contributed by atoms with E-state index >= 15 is 0 Å². The van der Waals surface area contributed by atoms with Gasteiger partial charge in [0.05, 0.1) is 23.9 Å². The molecule has 118 valence electrons. The van der Waals surface area contributed by atoms with Crippen molar-refractivity contribution >= 4 is 17.3 Å². The van der Waals surface area contributed by atoms with Gasteiger partial charge in [-0.2, -0.15) is 0 Å². The Bertz CT molecular complexity index is 927. The molecular formula is C14H10ClN3O5. The molecule has 0 atom stereocenters. The van der Waals surface area contributed by atoms with Crippen LogP contribution in [0.15, 0.2) is 44.3 Å². The third-order valence-electron chi connectivity index (χ3n) is 3.18. The Kier molecular flexibility index (Phi) is 3.75. The molecule has 3 aromatic rings. The Hall–Kier alpha value is -2.87. The summed E-state index contributed by atoms with van der Waals surface area (Å²) in [7, 11) is 0. The first-order valence-corrected chi connectivity index (χ1v) is 6.88. The van der Waals surface area contributed by atoms with Crippen molar-refractivity contribution in [3.8, 4) is 11.7 Å². The number of nitro groups is 1. The first-order valence-electron chi connectivity index (χ1n) is 6.50. The normalized spacial score (nSPS) is 10.9. The molecule has 0 unspecified atom stereocenters. The van der Waals surface area contributed by atoms with Gasteiger partial charge in [-0.05, 0) is 19.1 Å². The second-order valence-corrected chi connectivity index (χ2v) is 5.14. The highest BCUT2D eigenvalue weighted by atomic mass is 35.5. The average Bonchev–Trinajstić information content (AvgIpc) is 3.13. The Morgan fingerprint density at radius 2 is 2.26 bits per heavy atom. The smallest absolute Gasteiger partial charge is 0.287 e. The Morgan fingerprint density at radius 3 is 2.91 bits per heavy atom. The first kappa shape index (κ1) is 15.0. The molecule has 0 spiro atoms. The van der Waals surface area contributed by atoms with Gasteiger partial charge < -0.3 is 13.4 Å². The van der Waals surface area contributed by atoms with Gasteiger partial charge in [0.2, 0.25) is 0 Å². The largest absolute Gasteiger partial charge is 0.459 e. The maximum absolute atomic E-state index is 12.0. The summed E-state index contributed by atoms with van der Waals surface area (Å²) in [5, 5.41) is 10.7. The lowest BCUT2D eigenvalue weighted by Gasteiger charge is -2.04. The zero-order chi connectivity index (χ0) is 16.6. The van der Waals surface area contributed by atoms with Crippen molar-refractivity contribution in [2.24, 2.45) is 0 Å². The van der Waals surface area contributed by atoms with Crippen LogP contribution in [0.1, 0.15) is 11.5 Å². The van der Waals surface area contributed by atoms with E-state index in [0.29, 0.717) is 17.2 Å². The van der Waals surface area contributed by atoms with Gasteiger partial charge in [-0.1, -0.05) is 11.6 Å². The van der Waals surface area contributed by atoms with Crippen LogP contribution >= 0.6 is 11.6 Å². The monoisotopic (exact) mass is 335 g/mol. The van der Waals surface area contributed by atoms with Crippen molar-refractivity contribution in [3.63, 3.8) is 0 Å². The van der Waals surface area contributed by atoms with Crippen LogP contribution in [-0.4, -0.2) is 14.5 Å². The van der Waals surface area contributed by atoms with E-state index < -0.39 is 10.5 Å². The summed E-state index contributed by atoms with van der Waals surface area (Å²) < 4.78 is 11.8. The Morgan fingerprint density at radius 1 is 1.48 bits per heavy atom. The van der Waals surface area contributed by atoms with Gasteiger partial charge in [-0.15, -0.1) is 0 Å². The van der Waals surface area contributed by atoms with E-state index in [9.17, 15) is 14.9 Å². The van der Waals surface area contributed by atoms with Gasteiger partial charge in [0.25, 0.3) is 17.1 Å². The van der Waals surface area contributed by atoms with Gasteiger partial charge >= 0.3 is 0 Å². The number of furan rings is 1. The molecule has 0 aromatic carbocycles. The number of nitrogens with zero attached hydrogens (tertiary/aromatic N) is 3. The molecule has 8 nitrogen and oxygen atoms in total. The minimum atomic E-state index is -0.619. The lowest BCUT2D eigenvalue weighted by Crippen LogP contribution is -2.21. The summed E-state index contributed by atoms with van der Waals surface area (Å²) in [5.41, 5.74) is -0.365.